The first-order chi connectivity index (χ1) is 10.1. The van der Waals surface area contributed by atoms with E-state index in [1.54, 1.807) is 0 Å². The fourth-order valence-corrected chi connectivity index (χ4v) is 3.75. The Labute approximate surface area is 132 Å². The maximum absolute atomic E-state index is 10.9. The van der Waals surface area contributed by atoms with Gasteiger partial charge in [-0.3, -0.25) is 0 Å². The smallest absolute Gasteiger partial charge is 0.361 e. The van der Waals surface area contributed by atoms with Gasteiger partial charge in [0.1, 0.15) is 0 Å². The summed E-state index contributed by atoms with van der Waals surface area (Å²) in [6.07, 6.45) is 11.2. The molecule has 0 rings (SSSR count). The minimum Gasteiger partial charge on any atom is -0.364 e. The van der Waals surface area contributed by atoms with Crippen LogP contribution in [0.25, 0.3) is 0 Å². The highest BCUT2D eigenvalue weighted by atomic mass is 32.2. The Morgan fingerprint density at radius 1 is 0.952 bits per heavy atom. The van der Waals surface area contributed by atoms with Gasteiger partial charge in [0.2, 0.25) is 23.2 Å². The normalized spacial score (nSPS) is 12.6. The number of aliphatic hydroxyl groups excluding tert-OH is 1. The summed E-state index contributed by atoms with van der Waals surface area (Å²) in [5.74, 6) is 0.538. The Morgan fingerprint density at radius 3 is 1.86 bits per heavy atom. The molecule has 0 fully saturated rings. The van der Waals surface area contributed by atoms with Gasteiger partial charge >= 0.3 is 5.97 Å². The lowest BCUT2D eigenvalue weighted by Gasteiger charge is -2.07. The fraction of sp³-hybridized carbons (Fsp3) is 0.938. The molecule has 0 amide bonds. The molecule has 21 heavy (non-hydrogen) atoms. The third-order valence-corrected chi connectivity index (χ3v) is 5.18. The molecule has 1 unspecified atom stereocenters. The van der Waals surface area contributed by atoms with Crippen LogP contribution in [0.3, 0.4) is 0 Å². The van der Waals surface area contributed by atoms with Crippen molar-refractivity contribution in [2.24, 2.45) is 0 Å². The lowest BCUT2D eigenvalue weighted by atomic mass is 10.1. The van der Waals surface area contributed by atoms with Crippen LogP contribution in [0.4, 0.5) is 0 Å². The van der Waals surface area contributed by atoms with E-state index in [4.69, 9.17) is 14.4 Å². The summed E-state index contributed by atoms with van der Waals surface area (Å²) in [6.45, 7) is 3.60. The largest absolute Gasteiger partial charge is 0.364 e. The zero-order chi connectivity index (χ0) is 15.9. The van der Waals surface area contributed by atoms with Crippen LogP contribution in [0, 0.1) is 0 Å². The van der Waals surface area contributed by atoms with Gasteiger partial charge in [-0.2, -0.15) is 0 Å². The highest BCUT2D eigenvalue weighted by molar-refractivity contribution is 7.92. The van der Waals surface area contributed by atoms with Crippen molar-refractivity contribution in [1.82, 2.24) is 0 Å². The lowest BCUT2D eigenvalue weighted by molar-refractivity contribution is -0.131. The second-order valence-electron chi connectivity index (χ2n) is 5.55. The minimum absolute atomic E-state index is 0.136. The number of hydrogen-bond donors (Lipinski definition) is 2. The molecule has 0 aromatic heterocycles. The van der Waals surface area contributed by atoms with E-state index in [9.17, 15) is 4.79 Å². The monoisotopic (exact) mass is 321 g/mol. The van der Waals surface area contributed by atoms with Gasteiger partial charge in [-0.15, -0.1) is 0 Å². The molecule has 0 aromatic carbocycles. The predicted molar refractivity (Wildman–Crippen MR) is 88.9 cm³/mol. The standard InChI is InChI=1S/C16H33O4S/c1-3-4-5-6-7-8-9-10-11-12-13-21(14-16(18)19)20-15(2)17/h16,18-19H,3-14H2,1-2H3/q+1. The van der Waals surface area contributed by atoms with Crippen molar-refractivity contribution in [1.29, 1.82) is 0 Å². The van der Waals surface area contributed by atoms with Gasteiger partial charge < -0.3 is 10.2 Å². The molecule has 5 heteroatoms. The Morgan fingerprint density at radius 2 is 1.43 bits per heavy atom. The van der Waals surface area contributed by atoms with Gasteiger partial charge in [0, 0.05) is 6.92 Å². The van der Waals surface area contributed by atoms with Crippen LogP contribution in [-0.4, -0.2) is 34.0 Å². The first-order valence-electron chi connectivity index (χ1n) is 8.28. The Kier molecular flexibility index (Phi) is 14.5. The molecule has 0 radical (unpaired) electrons. The summed E-state index contributed by atoms with van der Waals surface area (Å²) >= 11 is -0.647. The molecule has 0 spiro atoms. The molecule has 0 saturated heterocycles. The van der Waals surface area contributed by atoms with Gasteiger partial charge in [0.05, 0.1) is 0 Å². The van der Waals surface area contributed by atoms with Crippen LogP contribution in [0.1, 0.15) is 78.1 Å². The molecule has 0 aromatic rings. The number of carbonyl (C=O) groups is 1. The summed E-state index contributed by atoms with van der Waals surface area (Å²) in [6, 6.07) is 0. The van der Waals surface area contributed by atoms with Crippen LogP contribution >= 0.6 is 0 Å². The molecule has 0 saturated carbocycles. The molecule has 0 aliphatic rings. The average molecular weight is 322 g/mol. The summed E-state index contributed by atoms with van der Waals surface area (Å²) in [5, 5.41) is 17.9. The van der Waals surface area contributed by atoms with E-state index in [-0.39, 0.29) is 11.7 Å². The number of aliphatic hydroxyl groups is 2. The molecular weight excluding hydrogens is 288 g/mol. The van der Waals surface area contributed by atoms with Gasteiger partial charge in [-0.25, -0.2) is 8.98 Å². The van der Waals surface area contributed by atoms with E-state index in [0.29, 0.717) is 0 Å². The Bertz CT molecular complexity index is 246. The lowest BCUT2D eigenvalue weighted by Crippen LogP contribution is -2.26. The van der Waals surface area contributed by atoms with Gasteiger partial charge in [0.25, 0.3) is 0 Å². The molecule has 0 heterocycles. The molecular formula is C16H33O4S+. The third kappa shape index (κ3) is 15.9. The van der Waals surface area contributed by atoms with Crippen molar-refractivity contribution in [3.8, 4) is 0 Å². The van der Waals surface area contributed by atoms with E-state index in [0.717, 1.165) is 18.6 Å². The summed E-state index contributed by atoms with van der Waals surface area (Å²) in [7, 11) is 0. The van der Waals surface area contributed by atoms with Crippen molar-refractivity contribution in [2.45, 2.75) is 84.3 Å². The van der Waals surface area contributed by atoms with Crippen LogP contribution in [0.2, 0.25) is 0 Å². The van der Waals surface area contributed by atoms with Gasteiger partial charge in [-0.05, 0) is 12.8 Å². The third-order valence-electron chi connectivity index (χ3n) is 3.30. The molecule has 1 atom stereocenters. The van der Waals surface area contributed by atoms with Crippen molar-refractivity contribution in [2.75, 3.05) is 11.5 Å². The highest BCUT2D eigenvalue weighted by Crippen LogP contribution is 2.12. The van der Waals surface area contributed by atoms with Crippen LogP contribution in [0.15, 0.2) is 0 Å². The zero-order valence-electron chi connectivity index (χ0n) is 13.7. The number of hydrogen-bond acceptors (Lipinski definition) is 4. The fourth-order valence-electron chi connectivity index (χ4n) is 2.24. The first kappa shape index (κ1) is 20.7. The summed E-state index contributed by atoms with van der Waals surface area (Å²) in [5.41, 5.74) is 0. The average Bonchev–Trinajstić information content (AvgIpc) is 2.39. The van der Waals surface area contributed by atoms with E-state index < -0.39 is 17.5 Å². The minimum atomic E-state index is -1.39. The molecule has 126 valence electrons. The van der Waals surface area contributed by atoms with Crippen molar-refractivity contribution < 1.29 is 19.2 Å². The predicted octanol–water partition coefficient (Wildman–Crippen LogP) is 3.31. The van der Waals surface area contributed by atoms with Crippen molar-refractivity contribution in [3.63, 3.8) is 0 Å². The second kappa shape index (κ2) is 14.7. The van der Waals surface area contributed by atoms with Gasteiger partial charge in [0.15, 0.2) is 5.75 Å². The molecule has 0 bridgehead atoms. The van der Waals surface area contributed by atoms with E-state index in [2.05, 4.69) is 6.92 Å². The maximum atomic E-state index is 10.9. The SMILES string of the molecule is CCCCCCCCCCCC[S+](CC(O)O)OC(C)=O. The van der Waals surface area contributed by atoms with Crippen LogP contribution < -0.4 is 0 Å². The molecule has 0 aliphatic carbocycles. The maximum Gasteiger partial charge on any atom is 0.361 e. The summed E-state index contributed by atoms with van der Waals surface area (Å²) < 4.78 is 5.11. The number of carbonyl (C=O) groups excluding carboxylic acids is 1. The number of unbranched alkanes of at least 4 members (excludes halogenated alkanes) is 9. The van der Waals surface area contributed by atoms with Crippen LogP contribution in [0.5, 0.6) is 0 Å². The van der Waals surface area contributed by atoms with Crippen molar-refractivity contribution >= 4 is 17.1 Å². The zero-order valence-corrected chi connectivity index (χ0v) is 14.5. The molecule has 0 aliphatic heterocycles. The highest BCUT2D eigenvalue weighted by Gasteiger charge is 2.26. The van der Waals surface area contributed by atoms with E-state index in [1.807, 2.05) is 0 Å². The second-order valence-corrected chi connectivity index (χ2v) is 7.34. The Hall–Kier alpha value is -0.260. The van der Waals surface area contributed by atoms with Crippen LogP contribution in [-0.2, 0) is 20.2 Å². The quantitative estimate of drug-likeness (QED) is 0.293. The molecule has 2 N–H and O–H groups in total. The summed E-state index contributed by atoms with van der Waals surface area (Å²) in [4.78, 5) is 10.9. The molecule has 4 nitrogen and oxygen atoms in total. The first-order valence-corrected chi connectivity index (χ1v) is 9.77. The van der Waals surface area contributed by atoms with Crippen molar-refractivity contribution in [3.05, 3.63) is 0 Å². The Balaban J connectivity index is 3.46. The number of rotatable bonds is 14. The van der Waals surface area contributed by atoms with Gasteiger partial charge in [-0.1, -0.05) is 58.3 Å². The topological polar surface area (TPSA) is 66.8 Å². The van der Waals surface area contributed by atoms with E-state index in [1.165, 1.54) is 58.3 Å². The van der Waals surface area contributed by atoms with E-state index >= 15 is 0 Å².